The van der Waals surface area contributed by atoms with Gasteiger partial charge in [-0.1, -0.05) is 61.2 Å². The van der Waals surface area contributed by atoms with Crippen molar-refractivity contribution in [2.24, 2.45) is 0 Å². The summed E-state index contributed by atoms with van der Waals surface area (Å²) in [5, 5.41) is 11.5. The van der Waals surface area contributed by atoms with E-state index in [1.807, 2.05) is 26.8 Å². The quantitative estimate of drug-likeness (QED) is 0.412. The maximum absolute atomic E-state index is 13.4. The summed E-state index contributed by atoms with van der Waals surface area (Å²) in [7, 11) is -3.89. The summed E-state index contributed by atoms with van der Waals surface area (Å²) in [6.45, 7) is 5.80. The average Bonchev–Trinajstić information content (AvgIpc) is 3.19. The van der Waals surface area contributed by atoms with Gasteiger partial charge in [0.05, 0.1) is 17.1 Å². The number of sulfonamides is 1. The molecule has 1 amide bonds. The predicted molar refractivity (Wildman–Crippen MR) is 126 cm³/mol. The third-order valence-corrected chi connectivity index (χ3v) is 8.30. The number of rotatable bonds is 6. The number of benzene rings is 2. The Kier molecular flexibility index (Phi) is 6.40. The van der Waals surface area contributed by atoms with Crippen LogP contribution in [0.5, 0.6) is 5.75 Å². The number of hydrogen-bond donors (Lipinski definition) is 1. The monoisotopic (exact) mass is 490 g/mol. The highest BCUT2D eigenvalue weighted by molar-refractivity contribution is 8.01. The van der Waals surface area contributed by atoms with Gasteiger partial charge in [0.2, 0.25) is 5.13 Å². The van der Waals surface area contributed by atoms with Crippen LogP contribution in [0.4, 0.5) is 10.8 Å². The zero-order valence-electron chi connectivity index (χ0n) is 17.7. The van der Waals surface area contributed by atoms with E-state index in [0.29, 0.717) is 21.8 Å². The Morgan fingerprint density at radius 2 is 1.97 bits per heavy atom. The lowest BCUT2D eigenvalue weighted by Crippen LogP contribution is -2.48. The van der Waals surface area contributed by atoms with Crippen LogP contribution >= 0.6 is 23.1 Å². The van der Waals surface area contributed by atoms with Gasteiger partial charge in [0.25, 0.3) is 15.9 Å². The highest BCUT2D eigenvalue weighted by Gasteiger charge is 2.38. The van der Waals surface area contributed by atoms with Crippen molar-refractivity contribution in [2.75, 3.05) is 16.2 Å². The summed E-state index contributed by atoms with van der Waals surface area (Å²) in [5.74, 6) is -0.146. The van der Waals surface area contributed by atoms with Crippen LogP contribution in [0.15, 0.2) is 57.8 Å². The molecule has 1 N–H and O–H groups in total. The molecule has 1 atom stereocenters. The fourth-order valence-corrected chi connectivity index (χ4v) is 6.62. The van der Waals surface area contributed by atoms with Gasteiger partial charge in [-0.3, -0.25) is 14.4 Å². The number of fused-ring (bicyclic) bond motifs is 1. The summed E-state index contributed by atoms with van der Waals surface area (Å²) in [6.07, 6.45) is -1.05. The molecule has 1 aliphatic rings. The average molecular weight is 491 g/mol. The molecule has 1 aromatic heterocycles. The molecule has 0 fully saturated rings. The Labute approximate surface area is 195 Å². The number of amides is 1. The molecule has 0 saturated carbocycles. The molecular weight excluding hydrogens is 468 g/mol. The lowest BCUT2D eigenvalue weighted by Gasteiger charge is -2.34. The summed E-state index contributed by atoms with van der Waals surface area (Å²) in [5.41, 5.74) is 1.29. The minimum absolute atomic E-state index is 0.145. The fourth-order valence-electron chi connectivity index (χ4n) is 3.14. The zero-order valence-corrected chi connectivity index (χ0v) is 20.1. The SMILES string of the molecule is Cc1ccc2c(c1)O[C@@H](C(=O)Nc1nnc(SC(C)C)s1)CN2S(=O)(=O)c1ccccc1. The molecule has 0 spiro atoms. The van der Waals surface area contributed by atoms with Crippen molar-refractivity contribution in [1.82, 2.24) is 10.2 Å². The van der Waals surface area contributed by atoms with E-state index in [2.05, 4.69) is 15.5 Å². The zero-order chi connectivity index (χ0) is 22.9. The second-order valence-electron chi connectivity index (χ2n) is 7.46. The number of anilines is 2. The smallest absolute Gasteiger partial charge is 0.269 e. The van der Waals surface area contributed by atoms with Gasteiger partial charge < -0.3 is 4.74 Å². The molecule has 11 heteroatoms. The van der Waals surface area contributed by atoms with Crippen LogP contribution in [-0.2, 0) is 14.8 Å². The van der Waals surface area contributed by atoms with E-state index in [9.17, 15) is 13.2 Å². The first-order valence-corrected chi connectivity index (χ1v) is 13.0. The van der Waals surface area contributed by atoms with Gasteiger partial charge in [0.15, 0.2) is 10.4 Å². The first-order chi connectivity index (χ1) is 15.2. The van der Waals surface area contributed by atoms with Gasteiger partial charge in [0.1, 0.15) is 5.75 Å². The fraction of sp³-hybridized carbons (Fsp3) is 0.286. The second-order valence-corrected chi connectivity index (χ2v) is 12.1. The van der Waals surface area contributed by atoms with Crippen LogP contribution in [0.3, 0.4) is 0 Å². The Hall–Kier alpha value is -2.63. The molecule has 8 nitrogen and oxygen atoms in total. The third-order valence-electron chi connectivity index (χ3n) is 4.58. The predicted octanol–water partition coefficient (Wildman–Crippen LogP) is 3.94. The van der Waals surface area contributed by atoms with E-state index < -0.39 is 22.0 Å². The second kappa shape index (κ2) is 9.08. The number of nitrogens with one attached hydrogen (secondary N) is 1. The van der Waals surface area contributed by atoms with Crippen molar-refractivity contribution in [1.29, 1.82) is 0 Å². The summed E-state index contributed by atoms with van der Waals surface area (Å²) in [4.78, 5) is 13.1. The minimum atomic E-state index is -3.89. The van der Waals surface area contributed by atoms with Gasteiger partial charge in [-0.2, -0.15) is 0 Å². The molecule has 0 aliphatic carbocycles. The molecular formula is C21H22N4O4S3. The normalized spacial score (nSPS) is 15.9. The number of hydrogen-bond acceptors (Lipinski definition) is 8. The van der Waals surface area contributed by atoms with Crippen LogP contribution in [-0.4, -0.2) is 42.4 Å². The number of nitrogens with zero attached hydrogens (tertiary/aromatic N) is 3. The molecule has 2 aromatic carbocycles. The summed E-state index contributed by atoms with van der Waals surface area (Å²) >= 11 is 2.82. The van der Waals surface area contributed by atoms with Crippen LogP contribution < -0.4 is 14.4 Å². The van der Waals surface area contributed by atoms with Crippen molar-refractivity contribution in [2.45, 2.75) is 41.4 Å². The van der Waals surface area contributed by atoms with Gasteiger partial charge in [-0.05, 0) is 36.8 Å². The van der Waals surface area contributed by atoms with Gasteiger partial charge in [-0.15, -0.1) is 10.2 Å². The van der Waals surface area contributed by atoms with Gasteiger partial charge in [0, 0.05) is 5.25 Å². The van der Waals surface area contributed by atoms with Gasteiger partial charge >= 0.3 is 0 Å². The molecule has 168 valence electrons. The molecule has 0 bridgehead atoms. The minimum Gasteiger partial charge on any atom is -0.476 e. The maximum Gasteiger partial charge on any atom is 0.269 e. The van der Waals surface area contributed by atoms with E-state index >= 15 is 0 Å². The molecule has 0 radical (unpaired) electrons. The number of aryl methyl sites for hydroxylation is 1. The van der Waals surface area contributed by atoms with Crippen LogP contribution in [0, 0.1) is 6.92 Å². The van der Waals surface area contributed by atoms with Gasteiger partial charge in [-0.25, -0.2) is 8.42 Å². The Bertz CT molecular complexity index is 1230. The number of carbonyl (C=O) groups is 1. The molecule has 1 aliphatic heterocycles. The standard InChI is InChI=1S/C21H22N4O4S3/c1-13(2)30-21-24-23-20(31-21)22-19(26)18-12-25(16-10-9-14(3)11-17(16)29-18)32(27,28)15-7-5-4-6-8-15/h4-11,13,18H,12H2,1-3H3,(H,22,23,26)/t18-/m1/s1. The number of carbonyl (C=O) groups excluding carboxylic acids is 1. The van der Waals surface area contributed by atoms with Crippen molar-refractivity contribution in [3.8, 4) is 5.75 Å². The van der Waals surface area contributed by atoms with Crippen molar-refractivity contribution in [3.05, 3.63) is 54.1 Å². The third kappa shape index (κ3) is 4.74. The van der Waals surface area contributed by atoms with Crippen LogP contribution in [0.2, 0.25) is 0 Å². The van der Waals surface area contributed by atoms with E-state index in [4.69, 9.17) is 4.74 Å². The summed E-state index contributed by atoms with van der Waals surface area (Å²) in [6, 6.07) is 13.4. The molecule has 4 rings (SSSR count). The summed E-state index contributed by atoms with van der Waals surface area (Å²) < 4.78 is 34.7. The number of thioether (sulfide) groups is 1. The van der Waals surface area contributed by atoms with Crippen LogP contribution in [0.1, 0.15) is 19.4 Å². The molecule has 32 heavy (non-hydrogen) atoms. The molecule has 2 heterocycles. The first kappa shape index (κ1) is 22.6. The van der Waals surface area contributed by atoms with Crippen molar-refractivity contribution >= 4 is 49.8 Å². The largest absolute Gasteiger partial charge is 0.476 e. The Morgan fingerprint density at radius 1 is 1.22 bits per heavy atom. The lowest BCUT2D eigenvalue weighted by molar-refractivity contribution is -0.122. The first-order valence-electron chi connectivity index (χ1n) is 9.90. The molecule has 0 saturated heterocycles. The Morgan fingerprint density at radius 3 is 2.69 bits per heavy atom. The van der Waals surface area contributed by atoms with Crippen molar-refractivity contribution in [3.63, 3.8) is 0 Å². The molecule has 3 aromatic rings. The topological polar surface area (TPSA) is 101 Å². The lowest BCUT2D eigenvalue weighted by atomic mass is 10.1. The number of ether oxygens (including phenoxy) is 1. The maximum atomic E-state index is 13.4. The highest BCUT2D eigenvalue weighted by atomic mass is 32.2. The van der Waals surface area contributed by atoms with E-state index in [1.165, 1.54) is 27.8 Å². The Balaban J connectivity index is 1.62. The number of aromatic nitrogens is 2. The highest BCUT2D eigenvalue weighted by Crippen LogP contribution is 2.38. The van der Waals surface area contributed by atoms with E-state index in [0.717, 1.165) is 9.90 Å². The van der Waals surface area contributed by atoms with E-state index in [1.54, 1.807) is 42.1 Å². The van der Waals surface area contributed by atoms with E-state index in [-0.39, 0.29) is 11.4 Å². The van der Waals surface area contributed by atoms with Crippen LogP contribution in [0.25, 0.3) is 0 Å². The van der Waals surface area contributed by atoms with Crippen molar-refractivity contribution < 1.29 is 17.9 Å². The molecule has 0 unspecified atom stereocenters.